The minimum absolute atomic E-state index is 0.754. The van der Waals surface area contributed by atoms with Gasteiger partial charge in [-0.05, 0) is 92.3 Å². The maximum Gasteiger partial charge on any atom is -0.0266 e. The number of hydrogen-bond donors (Lipinski definition) is 0. The van der Waals surface area contributed by atoms with Gasteiger partial charge in [0, 0.05) is 0 Å². The normalized spacial score (nSPS) is 34.2. The molecule has 4 fully saturated rings. The first-order chi connectivity index (χ1) is 19.7. The first-order valence-corrected chi connectivity index (χ1v) is 19.7. The first-order valence-electron chi connectivity index (χ1n) is 19.7. The van der Waals surface area contributed by atoms with Crippen LogP contribution in [0.3, 0.4) is 0 Å². The van der Waals surface area contributed by atoms with Gasteiger partial charge in [0.2, 0.25) is 0 Å². The van der Waals surface area contributed by atoms with E-state index in [0.29, 0.717) is 0 Å². The molecule has 0 amide bonds. The Balaban J connectivity index is 1.17. The van der Waals surface area contributed by atoms with Gasteiger partial charge >= 0.3 is 0 Å². The molecule has 0 atom stereocenters. The van der Waals surface area contributed by atoms with Crippen LogP contribution in [0.4, 0.5) is 0 Å². The van der Waals surface area contributed by atoms with E-state index in [4.69, 9.17) is 0 Å². The van der Waals surface area contributed by atoms with Gasteiger partial charge in [-0.1, -0.05) is 162 Å². The minimum atomic E-state index is 0.754. The lowest BCUT2D eigenvalue weighted by Gasteiger charge is -2.50. The summed E-state index contributed by atoms with van der Waals surface area (Å²) in [4.78, 5) is 0. The molecular formula is C40H74. The Morgan fingerprint density at radius 2 is 0.875 bits per heavy atom. The molecule has 0 saturated heterocycles. The van der Waals surface area contributed by atoms with Crippen LogP contribution in [0.2, 0.25) is 0 Å². The number of hydrogen-bond acceptors (Lipinski definition) is 0. The fourth-order valence-corrected chi connectivity index (χ4v) is 10.6. The molecule has 4 aliphatic rings. The van der Waals surface area contributed by atoms with Crippen LogP contribution in [0, 0.1) is 40.9 Å². The van der Waals surface area contributed by atoms with E-state index in [1.807, 2.05) is 0 Å². The van der Waals surface area contributed by atoms with Crippen molar-refractivity contribution < 1.29 is 0 Å². The zero-order chi connectivity index (χ0) is 27.9. The molecule has 0 aliphatic heterocycles. The van der Waals surface area contributed by atoms with Crippen molar-refractivity contribution >= 4 is 0 Å². The standard InChI is InChI=1S/C40H74/c1-3-5-7-9-12-16-34-20-24-36(25-21-34)32-37-28-30-40(31-29-37,39-18-14-11-15-19-39)33-38-26-22-35(23-27-38)17-13-10-8-6-4-2/h34-39H,3-33H2,1-2H3. The summed E-state index contributed by atoms with van der Waals surface area (Å²) in [5, 5.41) is 0. The van der Waals surface area contributed by atoms with Gasteiger partial charge in [-0.25, -0.2) is 0 Å². The first kappa shape index (κ1) is 32.9. The fourth-order valence-electron chi connectivity index (χ4n) is 10.6. The van der Waals surface area contributed by atoms with Crippen LogP contribution in [0.15, 0.2) is 0 Å². The fraction of sp³-hybridized carbons (Fsp3) is 1.00. The van der Waals surface area contributed by atoms with E-state index in [1.165, 1.54) is 70.6 Å². The van der Waals surface area contributed by atoms with E-state index in [2.05, 4.69) is 13.8 Å². The Kier molecular flexibility index (Phi) is 15.3. The number of unbranched alkanes of at least 4 members (excludes halogenated alkanes) is 8. The summed E-state index contributed by atoms with van der Waals surface area (Å²) in [5.74, 6) is 6.49. The van der Waals surface area contributed by atoms with Crippen LogP contribution >= 0.6 is 0 Å². The summed E-state index contributed by atoms with van der Waals surface area (Å²) in [7, 11) is 0. The molecule has 0 heteroatoms. The molecule has 0 aromatic heterocycles. The van der Waals surface area contributed by atoms with E-state index >= 15 is 0 Å². The summed E-state index contributed by atoms with van der Waals surface area (Å²) in [6.45, 7) is 4.68. The smallest absolute Gasteiger partial charge is 0.0266 e. The lowest BCUT2D eigenvalue weighted by Crippen LogP contribution is -2.39. The van der Waals surface area contributed by atoms with Gasteiger partial charge < -0.3 is 0 Å². The molecule has 0 aromatic rings. The lowest BCUT2D eigenvalue weighted by atomic mass is 9.55. The average molecular weight is 555 g/mol. The van der Waals surface area contributed by atoms with Crippen molar-refractivity contribution in [2.75, 3.05) is 0 Å². The van der Waals surface area contributed by atoms with Crippen molar-refractivity contribution in [3.05, 3.63) is 0 Å². The summed E-state index contributed by atoms with van der Waals surface area (Å²) >= 11 is 0. The Labute approximate surface area is 253 Å². The second-order valence-electron chi connectivity index (χ2n) is 16.3. The van der Waals surface area contributed by atoms with E-state index in [0.717, 1.165) is 40.9 Å². The van der Waals surface area contributed by atoms with Gasteiger partial charge in [-0.15, -0.1) is 0 Å². The van der Waals surface area contributed by atoms with Crippen molar-refractivity contribution in [3.8, 4) is 0 Å². The molecule has 4 aliphatic carbocycles. The third-order valence-corrected chi connectivity index (χ3v) is 13.3. The molecule has 0 N–H and O–H groups in total. The maximum absolute atomic E-state index is 2.34. The van der Waals surface area contributed by atoms with Crippen LogP contribution in [0.5, 0.6) is 0 Å². The molecule has 0 bridgehead atoms. The summed E-state index contributed by atoms with van der Waals surface area (Å²) in [6, 6.07) is 0. The molecule has 0 nitrogen and oxygen atoms in total. The highest BCUT2D eigenvalue weighted by Crippen LogP contribution is 2.55. The molecule has 234 valence electrons. The van der Waals surface area contributed by atoms with E-state index in [9.17, 15) is 0 Å². The molecule has 0 heterocycles. The topological polar surface area (TPSA) is 0 Å². The Morgan fingerprint density at radius 1 is 0.425 bits per heavy atom. The van der Waals surface area contributed by atoms with Crippen molar-refractivity contribution in [2.45, 2.75) is 213 Å². The second kappa shape index (κ2) is 18.6. The molecule has 0 unspecified atom stereocenters. The van der Waals surface area contributed by atoms with Crippen LogP contribution in [-0.4, -0.2) is 0 Å². The van der Waals surface area contributed by atoms with Crippen molar-refractivity contribution in [2.24, 2.45) is 40.9 Å². The van der Waals surface area contributed by atoms with Crippen LogP contribution in [0.1, 0.15) is 213 Å². The Morgan fingerprint density at radius 3 is 1.40 bits per heavy atom. The Bertz CT molecular complexity index is 604. The predicted octanol–water partition coefficient (Wildman–Crippen LogP) is 13.9. The van der Waals surface area contributed by atoms with Gasteiger partial charge in [-0.2, -0.15) is 0 Å². The average Bonchev–Trinajstić information content (AvgIpc) is 3.00. The predicted molar refractivity (Wildman–Crippen MR) is 178 cm³/mol. The number of rotatable bonds is 17. The minimum Gasteiger partial charge on any atom is -0.0654 e. The van der Waals surface area contributed by atoms with Gasteiger partial charge in [0.15, 0.2) is 0 Å². The lowest BCUT2D eigenvalue weighted by molar-refractivity contribution is 0.0102. The third kappa shape index (κ3) is 10.9. The summed E-state index contributed by atoms with van der Waals surface area (Å²) in [5.41, 5.74) is 0.754. The highest BCUT2D eigenvalue weighted by molar-refractivity contribution is 4.95. The van der Waals surface area contributed by atoms with Gasteiger partial charge in [0.05, 0.1) is 0 Å². The van der Waals surface area contributed by atoms with Gasteiger partial charge in [0.1, 0.15) is 0 Å². The molecule has 40 heavy (non-hydrogen) atoms. The van der Waals surface area contributed by atoms with Crippen molar-refractivity contribution in [3.63, 3.8) is 0 Å². The maximum atomic E-state index is 2.34. The highest BCUT2D eigenvalue weighted by atomic mass is 14.5. The largest absolute Gasteiger partial charge is 0.0654 e. The van der Waals surface area contributed by atoms with E-state index < -0.39 is 0 Å². The third-order valence-electron chi connectivity index (χ3n) is 13.3. The summed E-state index contributed by atoms with van der Waals surface area (Å²) in [6.07, 6.45) is 47.8. The van der Waals surface area contributed by atoms with Crippen LogP contribution in [-0.2, 0) is 0 Å². The van der Waals surface area contributed by atoms with Crippen molar-refractivity contribution in [1.82, 2.24) is 0 Å². The van der Waals surface area contributed by atoms with Gasteiger partial charge in [0.25, 0.3) is 0 Å². The monoisotopic (exact) mass is 555 g/mol. The second-order valence-corrected chi connectivity index (χ2v) is 16.3. The zero-order valence-electron chi connectivity index (χ0n) is 27.9. The van der Waals surface area contributed by atoms with Crippen LogP contribution in [0.25, 0.3) is 0 Å². The molecule has 4 saturated carbocycles. The molecule has 4 rings (SSSR count). The van der Waals surface area contributed by atoms with Crippen LogP contribution < -0.4 is 0 Å². The van der Waals surface area contributed by atoms with Gasteiger partial charge in [-0.3, -0.25) is 0 Å². The zero-order valence-corrected chi connectivity index (χ0v) is 27.9. The molecule has 0 aromatic carbocycles. The summed E-state index contributed by atoms with van der Waals surface area (Å²) < 4.78 is 0. The molecule has 0 radical (unpaired) electrons. The van der Waals surface area contributed by atoms with E-state index in [-0.39, 0.29) is 0 Å². The van der Waals surface area contributed by atoms with E-state index in [1.54, 1.807) is 128 Å². The van der Waals surface area contributed by atoms with Crippen molar-refractivity contribution in [1.29, 1.82) is 0 Å². The quantitative estimate of drug-likeness (QED) is 0.157. The molecular weight excluding hydrogens is 480 g/mol. The molecule has 0 spiro atoms. The highest BCUT2D eigenvalue weighted by Gasteiger charge is 2.44. The Hall–Kier alpha value is 0. The SMILES string of the molecule is CCCCCCCC1CCC(CC2CCC(CC3CCC(CCCCCCC)CC3)(C3CCCCC3)CC2)CC1.